The van der Waals surface area contributed by atoms with Crippen molar-refractivity contribution in [3.63, 3.8) is 0 Å². The highest BCUT2D eigenvalue weighted by atomic mass is 15.3. The van der Waals surface area contributed by atoms with Crippen LogP contribution in [0.4, 0.5) is 0 Å². The Morgan fingerprint density at radius 1 is 1.35 bits per heavy atom. The Bertz CT molecular complexity index is 444. The summed E-state index contributed by atoms with van der Waals surface area (Å²) < 4.78 is 1.94. The van der Waals surface area contributed by atoms with Crippen LogP contribution < -0.4 is 5.32 Å². The molecule has 2 heterocycles. The molecule has 1 aromatic heterocycles. The number of nitrogens with zero attached hydrogens (tertiary/aromatic N) is 3. The molecule has 1 fully saturated rings. The van der Waals surface area contributed by atoms with Crippen molar-refractivity contribution in [2.75, 3.05) is 20.1 Å². The zero-order valence-corrected chi connectivity index (χ0v) is 13.9. The smallest absolute Gasteiger partial charge is 0.0722 e. The molecule has 1 aliphatic rings. The molecule has 4 nitrogen and oxygen atoms in total. The second kappa shape index (κ2) is 5.86. The van der Waals surface area contributed by atoms with E-state index in [0.29, 0.717) is 12.0 Å². The Morgan fingerprint density at radius 3 is 2.65 bits per heavy atom. The van der Waals surface area contributed by atoms with Crippen LogP contribution in [0, 0.1) is 5.92 Å². The molecule has 0 saturated carbocycles. The number of aryl methyl sites for hydroxylation is 1. The second-order valence-corrected chi connectivity index (χ2v) is 7.44. The Labute approximate surface area is 123 Å². The maximum Gasteiger partial charge on any atom is 0.0722 e. The summed E-state index contributed by atoms with van der Waals surface area (Å²) in [6.45, 7) is 12.4. The fraction of sp³-hybridized carbons (Fsp3) is 0.812. The SMILES string of the molecule is CC1CN(C)CCC1NCc1cn(C)nc1C(C)(C)C. The molecule has 20 heavy (non-hydrogen) atoms. The molecule has 1 saturated heterocycles. The van der Waals surface area contributed by atoms with Crippen LogP contribution in [-0.2, 0) is 19.0 Å². The van der Waals surface area contributed by atoms with Crippen molar-refractivity contribution < 1.29 is 0 Å². The molecule has 0 radical (unpaired) electrons. The van der Waals surface area contributed by atoms with Gasteiger partial charge in [0.15, 0.2) is 0 Å². The normalized spacial score (nSPS) is 25.1. The van der Waals surface area contributed by atoms with Crippen molar-refractivity contribution in [3.05, 3.63) is 17.5 Å². The Kier molecular flexibility index (Phi) is 4.55. The fourth-order valence-corrected chi connectivity index (χ4v) is 3.20. The minimum absolute atomic E-state index is 0.108. The minimum atomic E-state index is 0.108. The molecule has 114 valence electrons. The molecule has 2 atom stereocenters. The Morgan fingerprint density at radius 2 is 2.05 bits per heavy atom. The van der Waals surface area contributed by atoms with Crippen molar-refractivity contribution in [1.29, 1.82) is 0 Å². The van der Waals surface area contributed by atoms with Crippen LogP contribution in [0.2, 0.25) is 0 Å². The zero-order chi connectivity index (χ0) is 14.9. The zero-order valence-electron chi connectivity index (χ0n) is 13.9. The number of aromatic nitrogens is 2. The van der Waals surface area contributed by atoms with Gasteiger partial charge in [-0.15, -0.1) is 0 Å². The number of hydrogen-bond donors (Lipinski definition) is 1. The number of likely N-dealkylation sites (tertiary alicyclic amines) is 1. The fourth-order valence-electron chi connectivity index (χ4n) is 3.20. The number of hydrogen-bond acceptors (Lipinski definition) is 3. The molecule has 1 aliphatic heterocycles. The number of piperidine rings is 1. The highest BCUT2D eigenvalue weighted by Gasteiger charge is 2.26. The maximum atomic E-state index is 4.65. The molecular formula is C16H30N4. The molecule has 4 heteroatoms. The van der Waals surface area contributed by atoms with E-state index in [1.54, 1.807) is 0 Å². The molecule has 1 aromatic rings. The van der Waals surface area contributed by atoms with Crippen LogP contribution in [-0.4, -0.2) is 40.9 Å². The third kappa shape index (κ3) is 3.61. The van der Waals surface area contributed by atoms with Gasteiger partial charge in [-0.2, -0.15) is 5.10 Å². The van der Waals surface area contributed by atoms with Gasteiger partial charge >= 0.3 is 0 Å². The molecule has 0 aliphatic carbocycles. The average molecular weight is 278 g/mol. The van der Waals surface area contributed by atoms with Crippen LogP contribution in [0.15, 0.2) is 6.20 Å². The molecule has 0 bridgehead atoms. The van der Waals surface area contributed by atoms with Crippen LogP contribution in [0.5, 0.6) is 0 Å². The van der Waals surface area contributed by atoms with Gasteiger partial charge in [-0.1, -0.05) is 27.7 Å². The van der Waals surface area contributed by atoms with E-state index in [1.807, 2.05) is 11.7 Å². The summed E-state index contributed by atoms with van der Waals surface area (Å²) in [6, 6.07) is 0.624. The van der Waals surface area contributed by atoms with Crippen molar-refractivity contribution in [2.45, 2.75) is 52.1 Å². The van der Waals surface area contributed by atoms with E-state index >= 15 is 0 Å². The van der Waals surface area contributed by atoms with Crippen molar-refractivity contribution in [1.82, 2.24) is 20.0 Å². The first kappa shape index (κ1) is 15.5. The maximum absolute atomic E-state index is 4.65. The van der Waals surface area contributed by atoms with Crippen LogP contribution in [0.3, 0.4) is 0 Å². The van der Waals surface area contributed by atoms with E-state index in [1.165, 1.54) is 30.8 Å². The van der Waals surface area contributed by atoms with Gasteiger partial charge < -0.3 is 10.2 Å². The van der Waals surface area contributed by atoms with E-state index in [4.69, 9.17) is 0 Å². The van der Waals surface area contributed by atoms with E-state index < -0.39 is 0 Å². The number of nitrogens with one attached hydrogen (secondary N) is 1. The van der Waals surface area contributed by atoms with Crippen molar-refractivity contribution in [3.8, 4) is 0 Å². The van der Waals surface area contributed by atoms with Gasteiger partial charge in [-0.3, -0.25) is 4.68 Å². The van der Waals surface area contributed by atoms with E-state index in [9.17, 15) is 0 Å². The summed E-state index contributed by atoms with van der Waals surface area (Å²) in [5, 5.41) is 8.40. The topological polar surface area (TPSA) is 33.1 Å². The van der Waals surface area contributed by atoms with Gasteiger partial charge in [0.05, 0.1) is 5.69 Å². The van der Waals surface area contributed by atoms with E-state index in [0.717, 1.165) is 6.54 Å². The highest BCUT2D eigenvalue weighted by Crippen LogP contribution is 2.24. The van der Waals surface area contributed by atoms with Gasteiger partial charge in [-0.05, 0) is 25.9 Å². The molecule has 2 rings (SSSR count). The molecule has 1 N–H and O–H groups in total. The van der Waals surface area contributed by atoms with Gasteiger partial charge in [0.2, 0.25) is 0 Å². The predicted octanol–water partition coefficient (Wildman–Crippen LogP) is 2.15. The van der Waals surface area contributed by atoms with Gasteiger partial charge in [-0.25, -0.2) is 0 Å². The summed E-state index contributed by atoms with van der Waals surface area (Å²) in [6.07, 6.45) is 3.40. The first-order valence-electron chi connectivity index (χ1n) is 7.72. The molecular weight excluding hydrogens is 248 g/mol. The summed E-state index contributed by atoms with van der Waals surface area (Å²) in [5.41, 5.74) is 2.66. The van der Waals surface area contributed by atoms with Crippen LogP contribution in [0.25, 0.3) is 0 Å². The Balaban J connectivity index is 2.01. The van der Waals surface area contributed by atoms with E-state index in [2.05, 4.69) is 56.3 Å². The van der Waals surface area contributed by atoms with Gasteiger partial charge in [0.1, 0.15) is 0 Å². The summed E-state index contributed by atoms with van der Waals surface area (Å²) in [5.74, 6) is 0.712. The van der Waals surface area contributed by atoms with Crippen molar-refractivity contribution in [2.24, 2.45) is 13.0 Å². The molecule has 0 aromatic carbocycles. The lowest BCUT2D eigenvalue weighted by Crippen LogP contribution is -2.46. The molecule has 2 unspecified atom stereocenters. The molecule has 0 spiro atoms. The third-order valence-electron chi connectivity index (χ3n) is 4.28. The first-order valence-corrected chi connectivity index (χ1v) is 7.72. The lowest BCUT2D eigenvalue weighted by atomic mass is 9.89. The van der Waals surface area contributed by atoms with Gasteiger partial charge in [0, 0.05) is 43.4 Å². The summed E-state index contributed by atoms with van der Waals surface area (Å²) in [4.78, 5) is 2.42. The van der Waals surface area contributed by atoms with Crippen LogP contribution >= 0.6 is 0 Å². The number of rotatable bonds is 3. The predicted molar refractivity (Wildman–Crippen MR) is 83.8 cm³/mol. The summed E-state index contributed by atoms with van der Waals surface area (Å²) >= 11 is 0. The first-order chi connectivity index (χ1) is 9.27. The standard InChI is InChI=1S/C16H30N4/c1-12-10-19(5)8-7-14(12)17-9-13-11-20(6)18-15(13)16(2,3)4/h11-12,14,17H,7-10H2,1-6H3. The van der Waals surface area contributed by atoms with Gasteiger partial charge in [0.25, 0.3) is 0 Å². The minimum Gasteiger partial charge on any atom is -0.309 e. The Hall–Kier alpha value is -0.870. The highest BCUT2D eigenvalue weighted by molar-refractivity contribution is 5.24. The lowest BCUT2D eigenvalue weighted by Gasteiger charge is -2.35. The monoisotopic (exact) mass is 278 g/mol. The molecule has 0 amide bonds. The second-order valence-electron chi connectivity index (χ2n) is 7.44. The van der Waals surface area contributed by atoms with Crippen molar-refractivity contribution >= 4 is 0 Å². The van der Waals surface area contributed by atoms with E-state index in [-0.39, 0.29) is 5.41 Å². The van der Waals surface area contributed by atoms with Crippen LogP contribution in [0.1, 0.15) is 45.4 Å². The largest absolute Gasteiger partial charge is 0.309 e. The average Bonchev–Trinajstić information content (AvgIpc) is 2.69. The third-order valence-corrected chi connectivity index (χ3v) is 4.28. The quantitative estimate of drug-likeness (QED) is 0.919. The lowest BCUT2D eigenvalue weighted by molar-refractivity contribution is 0.174. The summed E-state index contributed by atoms with van der Waals surface area (Å²) in [7, 11) is 4.22.